The van der Waals surface area contributed by atoms with Gasteiger partial charge in [-0.3, -0.25) is 14.7 Å². The third-order valence-electron chi connectivity index (χ3n) is 4.89. The number of amides is 1. The second kappa shape index (κ2) is 10.1. The van der Waals surface area contributed by atoms with E-state index in [-0.39, 0.29) is 34.2 Å². The summed E-state index contributed by atoms with van der Waals surface area (Å²) in [7, 11) is 0. The zero-order valence-corrected chi connectivity index (χ0v) is 20.1. The van der Waals surface area contributed by atoms with Gasteiger partial charge in [-0.2, -0.15) is 13.2 Å². The molecule has 0 saturated carbocycles. The van der Waals surface area contributed by atoms with Crippen molar-refractivity contribution < 1.29 is 22.5 Å². The minimum absolute atomic E-state index is 0.0999. The molecule has 7 nitrogen and oxygen atoms in total. The fourth-order valence-electron chi connectivity index (χ4n) is 3.16. The van der Waals surface area contributed by atoms with E-state index in [0.717, 1.165) is 23.9 Å². The summed E-state index contributed by atoms with van der Waals surface area (Å²) in [5, 5.41) is 15.4. The van der Waals surface area contributed by atoms with Gasteiger partial charge in [0.2, 0.25) is 11.8 Å². The van der Waals surface area contributed by atoms with Crippen LogP contribution in [0.15, 0.2) is 64.3 Å². The highest BCUT2D eigenvalue weighted by molar-refractivity contribution is 7.99. The fraction of sp³-hybridized carbons (Fsp3) is 0.217. The lowest BCUT2D eigenvalue weighted by molar-refractivity contribution is -0.137. The summed E-state index contributed by atoms with van der Waals surface area (Å²) in [5.41, 5.74) is 0.535. The Morgan fingerprint density at radius 2 is 1.91 bits per heavy atom. The van der Waals surface area contributed by atoms with Crippen LogP contribution in [0.1, 0.15) is 31.0 Å². The fourth-order valence-corrected chi connectivity index (χ4v) is 4.13. The molecule has 0 aliphatic carbocycles. The van der Waals surface area contributed by atoms with Crippen molar-refractivity contribution in [1.29, 1.82) is 0 Å². The average molecular weight is 522 g/mol. The van der Waals surface area contributed by atoms with Gasteiger partial charge in [-0.1, -0.05) is 60.6 Å². The van der Waals surface area contributed by atoms with E-state index < -0.39 is 17.6 Å². The van der Waals surface area contributed by atoms with E-state index in [4.69, 9.17) is 16.1 Å². The highest BCUT2D eigenvalue weighted by Gasteiger charge is 2.31. The summed E-state index contributed by atoms with van der Waals surface area (Å²) in [4.78, 5) is 12.5. The van der Waals surface area contributed by atoms with Gasteiger partial charge in [0.15, 0.2) is 11.0 Å². The van der Waals surface area contributed by atoms with Gasteiger partial charge in [-0.15, -0.1) is 10.2 Å². The first-order valence-electron chi connectivity index (χ1n) is 10.4. The topological polar surface area (TPSA) is 85.8 Å². The van der Waals surface area contributed by atoms with Crippen LogP contribution in [0, 0.1) is 0 Å². The van der Waals surface area contributed by atoms with Crippen LogP contribution < -0.4 is 5.32 Å². The van der Waals surface area contributed by atoms with Crippen molar-refractivity contribution in [3.63, 3.8) is 0 Å². The summed E-state index contributed by atoms with van der Waals surface area (Å²) in [6.45, 7) is 3.88. The number of aromatic nitrogens is 4. The number of nitrogens with zero attached hydrogens (tertiary/aromatic N) is 4. The van der Waals surface area contributed by atoms with E-state index in [1.807, 2.05) is 13.8 Å². The Bertz CT molecular complexity index is 1350. The maximum Gasteiger partial charge on any atom is 0.416 e. The van der Waals surface area contributed by atoms with Gasteiger partial charge in [0.05, 0.1) is 27.7 Å². The normalized spacial score (nSPS) is 11.7. The van der Waals surface area contributed by atoms with Crippen molar-refractivity contribution in [3.05, 3.63) is 70.9 Å². The molecule has 0 aliphatic heterocycles. The van der Waals surface area contributed by atoms with E-state index in [2.05, 4.69) is 20.7 Å². The molecule has 0 aliphatic rings. The SMILES string of the molecule is CC(C)c1cc(NC(=O)CSc2nnc(-c3ccccc3Cl)n2-c2cccc(C(F)(F)F)c2)on1. The Labute approximate surface area is 207 Å². The maximum atomic E-state index is 13.4. The first-order chi connectivity index (χ1) is 16.6. The van der Waals surface area contributed by atoms with Gasteiger partial charge in [0, 0.05) is 11.6 Å². The monoisotopic (exact) mass is 521 g/mol. The van der Waals surface area contributed by atoms with Crippen LogP contribution >= 0.6 is 23.4 Å². The Balaban J connectivity index is 1.65. The Morgan fingerprint density at radius 3 is 2.60 bits per heavy atom. The molecule has 0 spiro atoms. The summed E-state index contributed by atoms with van der Waals surface area (Å²) >= 11 is 7.33. The predicted octanol–water partition coefficient (Wildman–Crippen LogP) is 6.45. The van der Waals surface area contributed by atoms with Crippen LogP contribution in [-0.4, -0.2) is 31.6 Å². The molecule has 12 heteroatoms. The number of nitrogens with one attached hydrogen (secondary N) is 1. The highest BCUT2D eigenvalue weighted by Crippen LogP contribution is 2.35. The average Bonchev–Trinajstić information content (AvgIpc) is 3.45. The number of benzene rings is 2. The van der Waals surface area contributed by atoms with Crippen LogP contribution in [0.3, 0.4) is 0 Å². The van der Waals surface area contributed by atoms with E-state index >= 15 is 0 Å². The van der Waals surface area contributed by atoms with Crippen molar-refractivity contribution >= 4 is 35.2 Å². The molecule has 2 aromatic heterocycles. The lowest BCUT2D eigenvalue weighted by atomic mass is 10.1. The number of hydrogen-bond donors (Lipinski definition) is 1. The van der Waals surface area contributed by atoms with Crippen molar-refractivity contribution in [2.75, 3.05) is 11.1 Å². The Morgan fingerprint density at radius 1 is 1.14 bits per heavy atom. The molecule has 0 radical (unpaired) electrons. The molecular formula is C23H19ClF3N5O2S. The largest absolute Gasteiger partial charge is 0.416 e. The van der Waals surface area contributed by atoms with Crippen molar-refractivity contribution in [2.45, 2.75) is 31.1 Å². The smallest absolute Gasteiger partial charge is 0.338 e. The molecule has 35 heavy (non-hydrogen) atoms. The van der Waals surface area contributed by atoms with Gasteiger partial charge in [-0.25, -0.2) is 0 Å². The molecule has 0 unspecified atom stereocenters. The number of carbonyl (C=O) groups is 1. The molecule has 2 aromatic carbocycles. The first-order valence-corrected chi connectivity index (χ1v) is 11.8. The molecule has 0 bridgehead atoms. The van der Waals surface area contributed by atoms with Crippen molar-refractivity contribution in [3.8, 4) is 17.1 Å². The van der Waals surface area contributed by atoms with Crippen LogP contribution in [0.2, 0.25) is 5.02 Å². The molecule has 1 amide bonds. The molecule has 0 fully saturated rings. The second-order valence-corrected chi connectivity index (χ2v) is 9.13. The van der Waals surface area contributed by atoms with E-state index in [1.54, 1.807) is 30.3 Å². The second-order valence-electron chi connectivity index (χ2n) is 7.78. The van der Waals surface area contributed by atoms with Crippen molar-refractivity contribution in [1.82, 2.24) is 19.9 Å². The van der Waals surface area contributed by atoms with E-state index in [0.29, 0.717) is 16.3 Å². The van der Waals surface area contributed by atoms with Crippen molar-refractivity contribution in [2.24, 2.45) is 0 Å². The summed E-state index contributed by atoms with van der Waals surface area (Å²) in [6, 6.07) is 13.2. The van der Waals surface area contributed by atoms with Crippen LogP contribution in [0.5, 0.6) is 0 Å². The Kier molecular flexibility index (Phi) is 7.18. The third-order valence-corrected chi connectivity index (χ3v) is 6.15. The lowest BCUT2D eigenvalue weighted by Gasteiger charge is -2.13. The van der Waals surface area contributed by atoms with Crippen LogP contribution in [0.25, 0.3) is 17.1 Å². The lowest BCUT2D eigenvalue weighted by Crippen LogP contribution is -2.14. The zero-order valence-electron chi connectivity index (χ0n) is 18.5. The minimum Gasteiger partial charge on any atom is -0.338 e. The van der Waals surface area contributed by atoms with Gasteiger partial charge in [-0.05, 0) is 36.2 Å². The number of halogens is 4. The number of hydrogen-bond acceptors (Lipinski definition) is 6. The van der Waals surface area contributed by atoms with Gasteiger partial charge >= 0.3 is 6.18 Å². The quantitative estimate of drug-likeness (QED) is 0.281. The molecule has 182 valence electrons. The first kappa shape index (κ1) is 24.8. The standard InChI is InChI=1S/C23H19ClF3N5O2S/c1-13(2)18-11-20(34-31-18)28-19(33)12-35-22-30-29-21(16-8-3-4-9-17(16)24)32(22)15-7-5-6-14(10-15)23(25,26)27/h3-11,13H,12H2,1-2H3,(H,28,33). The number of thioether (sulfide) groups is 1. The predicted molar refractivity (Wildman–Crippen MR) is 127 cm³/mol. The number of rotatable bonds is 7. The molecule has 4 aromatic rings. The molecule has 0 atom stereocenters. The van der Waals surface area contributed by atoms with Gasteiger partial charge in [0.25, 0.3) is 0 Å². The van der Waals surface area contributed by atoms with Gasteiger partial charge in [0.1, 0.15) is 0 Å². The molecule has 1 N–H and O–H groups in total. The zero-order chi connectivity index (χ0) is 25.2. The number of anilines is 1. The van der Waals surface area contributed by atoms with Gasteiger partial charge < -0.3 is 4.52 Å². The van der Waals surface area contributed by atoms with Crippen LogP contribution in [-0.2, 0) is 11.0 Å². The van der Waals surface area contributed by atoms with E-state index in [9.17, 15) is 18.0 Å². The summed E-state index contributed by atoms with van der Waals surface area (Å²) in [5.74, 6) is 0.0783. The molecular weight excluding hydrogens is 503 g/mol. The number of carbonyl (C=O) groups excluding carboxylic acids is 1. The number of alkyl halides is 3. The summed E-state index contributed by atoms with van der Waals surface area (Å²) in [6.07, 6.45) is -4.53. The molecule has 4 rings (SSSR count). The minimum atomic E-state index is -4.53. The maximum absolute atomic E-state index is 13.4. The highest BCUT2D eigenvalue weighted by atomic mass is 35.5. The van der Waals surface area contributed by atoms with Crippen LogP contribution in [0.4, 0.5) is 19.1 Å². The summed E-state index contributed by atoms with van der Waals surface area (Å²) < 4.78 is 46.7. The van der Waals surface area contributed by atoms with E-state index in [1.165, 1.54) is 16.7 Å². The molecule has 0 saturated heterocycles. The third kappa shape index (κ3) is 5.68. The Hall–Kier alpha value is -3.31. The molecule has 2 heterocycles.